The van der Waals surface area contributed by atoms with Crippen molar-refractivity contribution < 1.29 is 0 Å². The van der Waals surface area contributed by atoms with E-state index in [1.165, 1.54) is 25.7 Å². The van der Waals surface area contributed by atoms with Gasteiger partial charge in [0.1, 0.15) is 17.2 Å². The predicted molar refractivity (Wildman–Crippen MR) is 68.9 cm³/mol. The van der Waals surface area contributed by atoms with Crippen LogP contribution in [0.5, 0.6) is 0 Å². The molecule has 0 bridgehead atoms. The second-order valence-corrected chi connectivity index (χ2v) is 5.39. The zero-order valence-corrected chi connectivity index (χ0v) is 10.8. The molecule has 4 heteroatoms. The molecule has 1 saturated carbocycles. The Morgan fingerprint density at radius 3 is 3.00 bits per heavy atom. The van der Waals surface area contributed by atoms with Gasteiger partial charge in [0, 0.05) is 12.1 Å². The van der Waals surface area contributed by atoms with Crippen LogP contribution in [0.3, 0.4) is 0 Å². The molecule has 88 valence electrons. The van der Waals surface area contributed by atoms with E-state index in [9.17, 15) is 0 Å². The average molecular weight is 237 g/mol. The fraction of sp³-hybridized carbons (Fsp3) is 0.667. The van der Waals surface area contributed by atoms with E-state index >= 15 is 0 Å². The molecule has 1 aromatic heterocycles. The van der Waals surface area contributed by atoms with Crippen LogP contribution in [0.15, 0.2) is 17.4 Å². The first-order valence-electron chi connectivity index (χ1n) is 5.90. The van der Waals surface area contributed by atoms with E-state index in [2.05, 4.69) is 22.2 Å². The number of hydrogen-bond donors (Lipinski definition) is 1. The fourth-order valence-electron chi connectivity index (χ4n) is 2.30. The normalized spacial score (nSPS) is 25.4. The highest BCUT2D eigenvalue weighted by molar-refractivity contribution is 7.98. The number of aromatic nitrogens is 2. The molecule has 2 unspecified atom stereocenters. The lowest BCUT2D eigenvalue weighted by atomic mass is 9.87. The maximum absolute atomic E-state index is 4.27. The summed E-state index contributed by atoms with van der Waals surface area (Å²) in [5.41, 5.74) is 0. The lowest BCUT2D eigenvalue weighted by molar-refractivity contribution is 0.358. The summed E-state index contributed by atoms with van der Waals surface area (Å²) in [6.45, 7) is 2.33. The predicted octanol–water partition coefficient (Wildman–Crippen LogP) is 3.19. The third-order valence-electron chi connectivity index (χ3n) is 3.14. The Morgan fingerprint density at radius 1 is 1.38 bits per heavy atom. The van der Waals surface area contributed by atoms with Crippen LogP contribution in [0.2, 0.25) is 0 Å². The van der Waals surface area contributed by atoms with Crippen LogP contribution in [-0.4, -0.2) is 22.3 Å². The summed E-state index contributed by atoms with van der Waals surface area (Å²) < 4.78 is 0. The molecule has 0 aliphatic heterocycles. The van der Waals surface area contributed by atoms with Gasteiger partial charge in [0.15, 0.2) is 0 Å². The quantitative estimate of drug-likeness (QED) is 0.647. The van der Waals surface area contributed by atoms with E-state index in [4.69, 9.17) is 0 Å². The maximum Gasteiger partial charge on any atom is 0.130 e. The molecule has 16 heavy (non-hydrogen) atoms. The zero-order valence-electron chi connectivity index (χ0n) is 9.94. The molecule has 1 aliphatic rings. The molecule has 1 aromatic rings. The van der Waals surface area contributed by atoms with Gasteiger partial charge < -0.3 is 5.32 Å². The monoisotopic (exact) mass is 237 g/mol. The Hall–Kier alpha value is -0.770. The highest BCUT2D eigenvalue weighted by Gasteiger charge is 2.18. The number of hydrogen-bond acceptors (Lipinski definition) is 4. The van der Waals surface area contributed by atoms with Crippen LogP contribution in [0, 0.1) is 5.92 Å². The number of nitrogens with one attached hydrogen (secondary N) is 1. The summed E-state index contributed by atoms with van der Waals surface area (Å²) in [7, 11) is 0. The van der Waals surface area contributed by atoms with E-state index in [-0.39, 0.29) is 0 Å². The van der Waals surface area contributed by atoms with Gasteiger partial charge in [0.2, 0.25) is 0 Å². The second-order valence-electron chi connectivity index (χ2n) is 4.56. The fourth-order valence-corrected chi connectivity index (χ4v) is 2.69. The Kier molecular flexibility index (Phi) is 4.04. The van der Waals surface area contributed by atoms with Gasteiger partial charge in [-0.3, -0.25) is 0 Å². The molecular formula is C12H19N3S. The SMILES string of the molecule is CSc1cc(NC2CCCC(C)C2)ncn1. The molecule has 0 amide bonds. The Morgan fingerprint density at radius 2 is 2.25 bits per heavy atom. The van der Waals surface area contributed by atoms with E-state index in [1.54, 1.807) is 18.1 Å². The van der Waals surface area contributed by atoms with Crippen LogP contribution >= 0.6 is 11.8 Å². The Bertz CT molecular complexity index is 343. The molecule has 1 heterocycles. The molecule has 2 rings (SSSR count). The molecule has 0 spiro atoms. The van der Waals surface area contributed by atoms with E-state index in [0.717, 1.165) is 16.8 Å². The minimum Gasteiger partial charge on any atom is -0.367 e. The van der Waals surface area contributed by atoms with Gasteiger partial charge in [0.25, 0.3) is 0 Å². The second kappa shape index (κ2) is 5.53. The van der Waals surface area contributed by atoms with Crippen molar-refractivity contribution >= 4 is 17.6 Å². The topological polar surface area (TPSA) is 37.8 Å². The number of thioether (sulfide) groups is 1. The summed E-state index contributed by atoms with van der Waals surface area (Å²) in [6.07, 6.45) is 8.91. The number of anilines is 1. The van der Waals surface area contributed by atoms with Crippen molar-refractivity contribution in [3.63, 3.8) is 0 Å². The minimum absolute atomic E-state index is 0.591. The molecule has 1 fully saturated rings. The van der Waals surface area contributed by atoms with Crippen molar-refractivity contribution in [2.75, 3.05) is 11.6 Å². The molecule has 1 N–H and O–H groups in total. The zero-order chi connectivity index (χ0) is 11.4. The summed E-state index contributed by atoms with van der Waals surface area (Å²) in [4.78, 5) is 8.45. The molecule has 3 nitrogen and oxygen atoms in total. The van der Waals surface area contributed by atoms with Crippen molar-refractivity contribution in [3.05, 3.63) is 12.4 Å². The summed E-state index contributed by atoms with van der Waals surface area (Å²) in [5, 5.41) is 4.55. The molecule has 0 aromatic carbocycles. The van der Waals surface area contributed by atoms with Gasteiger partial charge in [-0.15, -0.1) is 11.8 Å². The van der Waals surface area contributed by atoms with Crippen LogP contribution in [0.25, 0.3) is 0 Å². The van der Waals surface area contributed by atoms with Gasteiger partial charge in [-0.25, -0.2) is 9.97 Å². The number of rotatable bonds is 3. The third kappa shape index (κ3) is 3.11. The first-order valence-corrected chi connectivity index (χ1v) is 7.13. The van der Waals surface area contributed by atoms with Gasteiger partial charge in [0.05, 0.1) is 0 Å². The Balaban J connectivity index is 1.97. The highest BCUT2D eigenvalue weighted by Crippen LogP contribution is 2.26. The molecule has 1 aliphatic carbocycles. The van der Waals surface area contributed by atoms with Gasteiger partial charge >= 0.3 is 0 Å². The van der Waals surface area contributed by atoms with Gasteiger partial charge in [-0.2, -0.15) is 0 Å². The number of nitrogens with zero attached hydrogens (tertiary/aromatic N) is 2. The first kappa shape index (κ1) is 11.7. The van der Waals surface area contributed by atoms with E-state index in [1.807, 2.05) is 12.3 Å². The lowest BCUT2D eigenvalue weighted by Gasteiger charge is -2.27. The standard InChI is InChI=1S/C12H19N3S/c1-9-4-3-5-10(6-9)15-11-7-12(16-2)14-8-13-11/h7-10H,3-6H2,1-2H3,(H,13,14,15). The van der Waals surface area contributed by atoms with Crippen molar-refractivity contribution in [3.8, 4) is 0 Å². The summed E-state index contributed by atoms with van der Waals surface area (Å²) in [5.74, 6) is 1.81. The summed E-state index contributed by atoms with van der Waals surface area (Å²) >= 11 is 1.65. The van der Waals surface area contributed by atoms with E-state index < -0.39 is 0 Å². The molecule has 0 saturated heterocycles. The van der Waals surface area contributed by atoms with Crippen molar-refractivity contribution in [2.24, 2.45) is 5.92 Å². The maximum atomic E-state index is 4.27. The van der Waals surface area contributed by atoms with Crippen molar-refractivity contribution in [1.82, 2.24) is 9.97 Å². The van der Waals surface area contributed by atoms with Crippen LogP contribution in [0.4, 0.5) is 5.82 Å². The van der Waals surface area contributed by atoms with Crippen LogP contribution < -0.4 is 5.32 Å². The third-order valence-corrected chi connectivity index (χ3v) is 3.78. The van der Waals surface area contributed by atoms with Crippen LogP contribution in [-0.2, 0) is 0 Å². The van der Waals surface area contributed by atoms with E-state index in [0.29, 0.717) is 6.04 Å². The van der Waals surface area contributed by atoms with Crippen molar-refractivity contribution in [1.29, 1.82) is 0 Å². The van der Waals surface area contributed by atoms with Gasteiger partial charge in [-0.05, 0) is 25.0 Å². The van der Waals surface area contributed by atoms with Gasteiger partial charge in [-0.1, -0.05) is 19.8 Å². The first-order chi connectivity index (χ1) is 7.78. The molecule has 0 radical (unpaired) electrons. The molecular weight excluding hydrogens is 218 g/mol. The average Bonchev–Trinajstić information content (AvgIpc) is 2.29. The smallest absolute Gasteiger partial charge is 0.130 e. The van der Waals surface area contributed by atoms with Crippen molar-refractivity contribution in [2.45, 2.75) is 43.7 Å². The molecule has 2 atom stereocenters. The lowest BCUT2D eigenvalue weighted by Crippen LogP contribution is -2.26. The Labute approximate surface area is 101 Å². The minimum atomic E-state index is 0.591. The summed E-state index contributed by atoms with van der Waals surface area (Å²) in [6, 6.07) is 2.62. The largest absolute Gasteiger partial charge is 0.367 e. The highest BCUT2D eigenvalue weighted by atomic mass is 32.2. The van der Waals surface area contributed by atoms with Crippen LogP contribution in [0.1, 0.15) is 32.6 Å².